The lowest BCUT2D eigenvalue weighted by atomic mass is 9.96. The van der Waals surface area contributed by atoms with E-state index in [1.165, 1.54) is 16.7 Å². The molecule has 0 amide bonds. The summed E-state index contributed by atoms with van der Waals surface area (Å²) in [7, 11) is 2.00. The number of nitrogens with one attached hydrogen (secondary N) is 1. The van der Waals surface area contributed by atoms with Crippen LogP contribution < -0.4 is 5.32 Å². The van der Waals surface area contributed by atoms with Crippen molar-refractivity contribution in [2.24, 2.45) is 0 Å². The molecule has 14 heavy (non-hydrogen) atoms. The lowest BCUT2D eigenvalue weighted by molar-refractivity contribution is 0.704. The van der Waals surface area contributed by atoms with Crippen molar-refractivity contribution in [1.29, 1.82) is 0 Å². The molecule has 1 aromatic carbocycles. The maximum absolute atomic E-state index is 3.31. The SMILES string of the molecule is C/C=C\C(NC)c1c(C)cccc1C. The highest BCUT2D eigenvalue weighted by molar-refractivity contribution is 5.38. The second kappa shape index (κ2) is 4.97. The Kier molecular flexibility index (Phi) is 3.90. The Bertz CT molecular complexity index is 306. The first kappa shape index (κ1) is 11.0. The number of hydrogen-bond donors (Lipinski definition) is 1. The predicted octanol–water partition coefficient (Wildman–Crippen LogP) is 3.14. The Morgan fingerprint density at radius 2 is 1.79 bits per heavy atom. The molecular weight excluding hydrogens is 170 g/mol. The van der Waals surface area contributed by atoms with Gasteiger partial charge in [0.25, 0.3) is 0 Å². The third kappa shape index (κ3) is 2.24. The van der Waals surface area contributed by atoms with Gasteiger partial charge in [-0.1, -0.05) is 30.4 Å². The summed E-state index contributed by atoms with van der Waals surface area (Å²) in [5, 5.41) is 3.31. The summed E-state index contributed by atoms with van der Waals surface area (Å²) in [5.41, 5.74) is 4.10. The molecule has 1 N–H and O–H groups in total. The first-order valence-electron chi connectivity index (χ1n) is 5.07. The van der Waals surface area contributed by atoms with Crippen molar-refractivity contribution >= 4 is 0 Å². The molecule has 1 heteroatoms. The van der Waals surface area contributed by atoms with Gasteiger partial charge in [0.1, 0.15) is 0 Å². The van der Waals surface area contributed by atoms with E-state index >= 15 is 0 Å². The van der Waals surface area contributed by atoms with E-state index in [0.29, 0.717) is 6.04 Å². The van der Waals surface area contributed by atoms with Crippen molar-refractivity contribution in [2.45, 2.75) is 26.8 Å². The summed E-state index contributed by atoms with van der Waals surface area (Å²) < 4.78 is 0. The van der Waals surface area contributed by atoms with Crippen LogP contribution in [0.25, 0.3) is 0 Å². The largest absolute Gasteiger partial charge is 0.310 e. The second-order valence-corrected chi connectivity index (χ2v) is 3.60. The second-order valence-electron chi connectivity index (χ2n) is 3.60. The third-order valence-corrected chi connectivity index (χ3v) is 2.55. The van der Waals surface area contributed by atoms with E-state index in [0.717, 1.165) is 0 Å². The highest BCUT2D eigenvalue weighted by Crippen LogP contribution is 2.22. The molecule has 0 fully saturated rings. The minimum Gasteiger partial charge on any atom is -0.310 e. The number of aryl methyl sites for hydroxylation is 2. The van der Waals surface area contributed by atoms with Crippen LogP contribution in [-0.4, -0.2) is 7.05 Å². The van der Waals surface area contributed by atoms with Gasteiger partial charge < -0.3 is 5.32 Å². The van der Waals surface area contributed by atoms with Crippen molar-refractivity contribution in [1.82, 2.24) is 5.32 Å². The highest BCUT2D eigenvalue weighted by atomic mass is 14.9. The maximum atomic E-state index is 3.31. The van der Waals surface area contributed by atoms with Crippen molar-refractivity contribution in [2.75, 3.05) is 7.05 Å². The van der Waals surface area contributed by atoms with E-state index < -0.39 is 0 Å². The first-order chi connectivity index (χ1) is 6.70. The Morgan fingerprint density at radius 3 is 2.21 bits per heavy atom. The van der Waals surface area contributed by atoms with E-state index in [9.17, 15) is 0 Å². The maximum Gasteiger partial charge on any atom is 0.0508 e. The van der Waals surface area contributed by atoms with Crippen LogP contribution in [0.4, 0.5) is 0 Å². The summed E-state index contributed by atoms with van der Waals surface area (Å²) in [6, 6.07) is 6.77. The molecule has 1 aromatic rings. The molecule has 0 saturated heterocycles. The molecule has 0 saturated carbocycles. The zero-order chi connectivity index (χ0) is 10.6. The molecule has 1 unspecified atom stereocenters. The molecule has 1 rings (SSSR count). The average Bonchev–Trinajstić information content (AvgIpc) is 2.16. The fraction of sp³-hybridized carbons (Fsp3) is 0.385. The van der Waals surface area contributed by atoms with Gasteiger partial charge in [-0.05, 0) is 44.5 Å². The molecular formula is C13H19N. The van der Waals surface area contributed by atoms with Crippen LogP contribution in [0.1, 0.15) is 29.7 Å². The predicted molar refractivity (Wildman–Crippen MR) is 62.5 cm³/mol. The van der Waals surface area contributed by atoms with Crippen molar-refractivity contribution in [3.8, 4) is 0 Å². The van der Waals surface area contributed by atoms with E-state index in [1.54, 1.807) is 0 Å². The summed E-state index contributed by atoms with van der Waals surface area (Å²) in [6.07, 6.45) is 4.28. The fourth-order valence-electron chi connectivity index (χ4n) is 1.85. The summed E-state index contributed by atoms with van der Waals surface area (Å²) >= 11 is 0. The zero-order valence-electron chi connectivity index (χ0n) is 9.46. The van der Waals surface area contributed by atoms with Crippen LogP contribution in [0.3, 0.4) is 0 Å². The van der Waals surface area contributed by atoms with E-state index in [1.807, 2.05) is 7.05 Å². The van der Waals surface area contributed by atoms with Gasteiger partial charge in [0.05, 0.1) is 6.04 Å². The van der Waals surface area contributed by atoms with Gasteiger partial charge in [-0.25, -0.2) is 0 Å². The molecule has 0 aliphatic heterocycles. The smallest absolute Gasteiger partial charge is 0.0508 e. The minimum absolute atomic E-state index is 0.334. The molecule has 0 aliphatic carbocycles. The van der Waals surface area contributed by atoms with Gasteiger partial charge in [-0.15, -0.1) is 0 Å². The molecule has 76 valence electrons. The topological polar surface area (TPSA) is 12.0 Å². The summed E-state index contributed by atoms with van der Waals surface area (Å²) in [4.78, 5) is 0. The monoisotopic (exact) mass is 189 g/mol. The van der Waals surface area contributed by atoms with Crippen LogP contribution in [0.2, 0.25) is 0 Å². The summed E-state index contributed by atoms with van der Waals surface area (Å²) in [6.45, 7) is 6.38. The molecule has 0 heterocycles. The van der Waals surface area contributed by atoms with Crippen LogP contribution >= 0.6 is 0 Å². The highest BCUT2D eigenvalue weighted by Gasteiger charge is 2.09. The molecule has 0 radical (unpaired) electrons. The Labute approximate surface area is 86.8 Å². The lowest BCUT2D eigenvalue weighted by Gasteiger charge is -2.17. The molecule has 0 spiro atoms. The quantitative estimate of drug-likeness (QED) is 0.720. The van der Waals surface area contributed by atoms with Gasteiger partial charge in [-0.2, -0.15) is 0 Å². The number of benzene rings is 1. The van der Waals surface area contributed by atoms with Crippen molar-refractivity contribution in [3.63, 3.8) is 0 Å². The van der Waals surface area contributed by atoms with Gasteiger partial charge >= 0.3 is 0 Å². The Hall–Kier alpha value is -1.08. The van der Waals surface area contributed by atoms with Gasteiger partial charge in [0.15, 0.2) is 0 Å². The van der Waals surface area contributed by atoms with Crippen LogP contribution in [0.5, 0.6) is 0 Å². The number of allylic oxidation sites excluding steroid dienone is 1. The van der Waals surface area contributed by atoms with E-state index in [4.69, 9.17) is 0 Å². The van der Waals surface area contributed by atoms with Crippen LogP contribution in [-0.2, 0) is 0 Å². The third-order valence-electron chi connectivity index (χ3n) is 2.55. The molecule has 0 bridgehead atoms. The average molecular weight is 189 g/mol. The van der Waals surface area contributed by atoms with E-state index in [-0.39, 0.29) is 0 Å². The number of rotatable bonds is 3. The zero-order valence-corrected chi connectivity index (χ0v) is 9.46. The molecule has 1 atom stereocenters. The van der Waals surface area contributed by atoms with Crippen LogP contribution in [0.15, 0.2) is 30.4 Å². The lowest BCUT2D eigenvalue weighted by Crippen LogP contribution is -2.16. The summed E-state index contributed by atoms with van der Waals surface area (Å²) in [5.74, 6) is 0. The Morgan fingerprint density at radius 1 is 1.21 bits per heavy atom. The van der Waals surface area contributed by atoms with Gasteiger partial charge in [0, 0.05) is 0 Å². The Balaban J connectivity index is 3.14. The molecule has 0 aromatic heterocycles. The molecule has 1 nitrogen and oxygen atoms in total. The normalized spacial score (nSPS) is 13.4. The molecule has 0 aliphatic rings. The van der Waals surface area contributed by atoms with Crippen LogP contribution in [0, 0.1) is 13.8 Å². The fourth-order valence-corrected chi connectivity index (χ4v) is 1.85. The van der Waals surface area contributed by atoms with Crippen molar-refractivity contribution < 1.29 is 0 Å². The van der Waals surface area contributed by atoms with Gasteiger partial charge in [0.2, 0.25) is 0 Å². The van der Waals surface area contributed by atoms with Gasteiger partial charge in [-0.3, -0.25) is 0 Å². The minimum atomic E-state index is 0.334. The van der Waals surface area contributed by atoms with E-state index in [2.05, 4.69) is 56.4 Å². The first-order valence-corrected chi connectivity index (χ1v) is 5.07. The number of hydrogen-bond acceptors (Lipinski definition) is 1. The standard InChI is InChI=1S/C13H19N/c1-5-7-12(14-4)13-10(2)8-6-9-11(13)3/h5-9,12,14H,1-4H3/b7-5-. The number of likely N-dealkylation sites (N-methyl/N-ethyl adjacent to an activating group) is 1. The van der Waals surface area contributed by atoms with Crippen molar-refractivity contribution in [3.05, 3.63) is 47.0 Å².